The van der Waals surface area contributed by atoms with Gasteiger partial charge < -0.3 is 9.05 Å². The summed E-state index contributed by atoms with van der Waals surface area (Å²) in [5.74, 6) is 0.743. The maximum Gasteiger partial charge on any atom is 0.498 e. The van der Waals surface area contributed by atoms with E-state index in [9.17, 15) is 9.36 Å². The molecule has 0 unspecified atom stereocenters. The van der Waals surface area contributed by atoms with Crippen molar-refractivity contribution < 1.29 is 18.4 Å². The van der Waals surface area contributed by atoms with Gasteiger partial charge in [0.2, 0.25) is 0 Å². The van der Waals surface area contributed by atoms with Crippen molar-refractivity contribution in [2.24, 2.45) is 0 Å². The van der Waals surface area contributed by atoms with Crippen molar-refractivity contribution >= 4 is 34.7 Å². The van der Waals surface area contributed by atoms with Crippen molar-refractivity contribution in [2.45, 2.75) is 19.8 Å². The fourth-order valence-electron chi connectivity index (χ4n) is 3.28. The number of hydrogen-bond donors (Lipinski definition) is 0. The van der Waals surface area contributed by atoms with Crippen molar-refractivity contribution in [1.82, 2.24) is 0 Å². The van der Waals surface area contributed by atoms with Crippen LogP contribution in [0.3, 0.4) is 0 Å². The van der Waals surface area contributed by atoms with E-state index in [2.05, 4.69) is 0 Å². The first-order valence-electron chi connectivity index (χ1n) is 9.59. The maximum absolute atomic E-state index is 13.7. The van der Waals surface area contributed by atoms with Gasteiger partial charge in [0, 0.05) is 17.2 Å². The molecule has 0 spiro atoms. The quantitative estimate of drug-likeness (QED) is 0.312. The van der Waals surface area contributed by atoms with Gasteiger partial charge in [-0.05, 0) is 29.3 Å². The van der Waals surface area contributed by atoms with Crippen LogP contribution in [0.15, 0.2) is 84.9 Å². The van der Waals surface area contributed by atoms with E-state index >= 15 is 0 Å². The molecule has 0 atom stereocenters. The summed E-state index contributed by atoms with van der Waals surface area (Å²) >= 11 is 0. The van der Waals surface area contributed by atoms with Crippen LogP contribution in [0.1, 0.15) is 19.8 Å². The van der Waals surface area contributed by atoms with Crippen molar-refractivity contribution in [1.29, 1.82) is 0 Å². The monoisotopic (exact) mass is 404 g/mol. The molecule has 0 radical (unpaired) electrons. The number of carbonyl (C=O) groups excluding carboxylic acids is 1. The molecular weight excluding hydrogens is 383 g/mol. The maximum atomic E-state index is 13.7. The van der Waals surface area contributed by atoms with Gasteiger partial charge in [0.25, 0.3) is 5.52 Å². The van der Waals surface area contributed by atoms with E-state index in [0.29, 0.717) is 17.9 Å². The van der Waals surface area contributed by atoms with Crippen LogP contribution in [0.2, 0.25) is 0 Å². The van der Waals surface area contributed by atoms with Crippen LogP contribution >= 0.6 is 7.60 Å². The average molecular weight is 404 g/mol. The fraction of sp³-hybridized carbons (Fsp3) is 0.125. The van der Waals surface area contributed by atoms with Crippen LogP contribution < -0.4 is 9.05 Å². The van der Waals surface area contributed by atoms with E-state index < -0.39 is 13.1 Å². The lowest BCUT2D eigenvalue weighted by molar-refractivity contribution is -0.113. The average Bonchev–Trinajstić information content (AvgIpc) is 2.74. The molecule has 0 amide bonds. The highest BCUT2D eigenvalue weighted by Gasteiger charge is 2.38. The Labute approximate surface area is 169 Å². The molecule has 0 aliphatic carbocycles. The Morgan fingerprint density at radius 1 is 0.724 bits per heavy atom. The lowest BCUT2D eigenvalue weighted by Crippen LogP contribution is -2.11. The van der Waals surface area contributed by atoms with Gasteiger partial charge in [-0.3, -0.25) is 4.79 Å². The Morgan fingerprint density at radius 2 is 1.17 bits per heavy atom. The first-order chi connectivity index (χ1) is 14.1. The summed E-state index contributed by atoms with van der Waals surface area (Å²) in [5, 5.41) is 3.43. The Bertz CT molecular complexity index is 1140. The molecule has 29 heavy (non-hydrogen) atoms. The Balaban J connectivity index is 1.78. The van der Waals surface area contributed by atoms with Gasteiger partial charge in [0.1, 0.15) is 11.5 Å². The third-order valence-corrected chi connectivity index (χ3v) is 6.41. The van der Waals surface area contributed by atoms with Gasteiger partial charge in [0.05, 0.1) is 0 Å². The smallest absolute Gasteiger partial charge is 0.410 e. The Hall–Kier alpha value is -3.10. The second-order valence-electron chi connectivity index (χ2n) is 6.78. The van der Waals surface area contributed by atoms with Crippen molar-refractivity contribution in [2.75, 3.05) is 0 Å². The topological polar surface area (TPSA) is 52.6 Å². The van der Waals surface area contributed by atoms with Crippen LogP contribution in [-0.2, 0) is 9.36 Å². The number of fused-ring (bicyclic) bond motifs is 2. The summed E-state index contributed by atoms with van der Waals surface area (Å²) in [7, 11) is -4.12. The zero-order valence-electron chi connectivity index (χ0n) is 16.1. The van der Waals surface area contributed by atoms with Crippen LogP contribution in [0.5, 0.6) is 11.5 Å². The molecule has 0 saturated heterocycles. The van der Waals surface area contributed by atoms with Crippen molar-refractivity contribution in [3.63, 3.8) is 0 Å². The molecule has 5 heteroatoms. The standard InChI is InChI=1S/C24H21O4P/c1-2-9-24(25)29(26,27-22-16-7-12-18-10-3-5-14-20(18)22)28-23-17-8-13-19-11-4-6-15-21(19)23/h3-8,10-17H,2,9H2,1H3. The molecule has 0 saturated carbocycles. The third kappa shape index (κ3) is 3.90. The second-order valence-corrected chi connectivity index (χ2v) is 8.64. The minimum Gasteiger partial charge on any atom is -0.410 e. The van der Waals surface area contributed by atoms with E-state index in [-0.39, 0.29) is 6.42 Å². The lowest BCUT2D eigenvalue weighted by atomic mass is 10.1. The zero-order chi connectivity index (χ0) is 20.3. The van der Waals surface area contributed by atoms with Crippen LogP contribution in [-0.4, -0.2) is 5.52 Å². The number of rotatable bonds is 7. The van der Waals surface area contributed by atoms with Crippen LogP contribution in [0.25, 0.3) is 21.5 Å². The molecule has 0 N–H and O–H groups in total. The summed E-state index contributed by atoms with van der Waals surface area (Å²) in [6.07, 6.45) is 0.674. The van der Waals surface area contributed by atoms with E-state index in [1.54, 1.807) is 12.1 Å². The van der Waals surface area contributed by atoms with E-state index in [0.717, 1.165) is 21.5 Å². The van der Waals surface area contributed by atoms with Crippen LogP contribution in [0.4, 0.5) is 0 Å². The Kier molecular flexibility index (Phi) is 5.37. The Morgan fingerprint density at radius 3 is 1.66 bits per heavy atom. The van der Waals surface area contributed by atoms with Crippen LogP contribution in [0, 0.1) is 0 Å². The predicted molar refractivity (Wildman–Crippen MR) is 117 cm³/mol. The summed E-state index contributed by atoms with van der Waals surface area (Å²) in [4.78, 5) is 12.8. The van der Waals surface area contributed by atoms with Crippen molar-refractivity contribution in [3.05, 3.63) is 84.9 Å². The molecule has 4 nitrogen and oxygen atoms in total. The van der Waals surface area contributed by atoms with Gasteiger partial charge in [0.15, 0.2) is 0 Å². The fourth-order valence-corrected chi connectivity index (χ4v) is 4.86. The summed E-state index contributed by atoms with van der Waals surface area (Å²) in [5.41, 5.74) is -0.527. The summed E-state index contributed by atoms with van der Waals surface area (Å²) in [6, 6.07) is 26.1. The first kappa shape index (κ1) is 19.2. The number of hydrogen-bond acceptors (Lipinski definition) is 4. The van der Waals surface area contributed by atoms with Gasteiger partial charge in [-0.15, -0.1) is 0 Å². The SMILES string of the molecule is CCCC(=O)P(=O)(Oc1cccc2ccccc12)Oc1cccc2ccccc12. The van der Waals surface area contributed by atoms with E-state index in [1.165, 1.54) is 0 Å². The lowest BCUT2D eigenvalue weighted by Gasteiger charge is -2.20. The van der Waals surface area contributed by atoms with Gasteiger partial charge in [-0.2, -0.15) is 0 Å². The molecule has 0 aliphatic rings. The first-order valence-corrected chi connectivity index (χ1v) is 11.1. The second kappa shape index (κ2) is 8.10. The summed E-state index contributed by atoms with van der Waals surface area (Å²) < 4.78 is 25.5. The van der Waals surface area contributed by atoms with Gasteiger partial charge in [-0.1, -0.05) is 79.7 Å². The minimum absolute atomic E-state index is 0.118. The zero-order valence-corrected chi connectivity index (χ0v) is 17.0. The van der Waals surface area contributed by atoms with Gasteiger partial charge in [-0.25, -0.2) is 4.57 Å². The molecule has 4 aromatic carbocycles. The van der Waals surface area contributed by atoms with Gasteiger partial charge >= 0.3 is 7.60 Å². The minimum atomic E-state index is -4.12. The normalized spacial score (nSPS) is 11.5. The number of carbonyl (C=O) groups is 1. The largest absolute Gasteiger partial charge is 0.498 e. The molecule has 0 fully saturated rings. The highest BCUT2D eigenvalue weighted by Crippen LogP contribution is 2.52. The van der Waals surface area contributed by atoms with E-state index in [4.69, 9.17) is 9.05 Å². The predicted octanol–water partition coefficient (Wildman–Crippen LogP) is 6.97. The highest BCUT2D eigenvalue weighted by molar-refractivity contribution is 7.72. The molecule has 4 rings (SSSR count). The molecule has 4 aromatic rings. The molecule has 0 aliphatic heterocycles. The highest BCUT2D eigenvalue weighted by atomic mass is 31.2. The van der Waals surface area contributed by atoms with Crippen molar-refractivity contribution in [3.8, 4) is 11.5 Å². The third-order valence-electron chi connectivity index (χ3n) is 4.71. The summed E-state index contributed by atoms with van der Waals surface area (Å²) in [6.45, 7) is 1.86. The molecule has 0 bridgehead atoms. The molecule has 0 aromatic heterocycles. The number of benzene rings is 4. The molecule has 146 valence electrons. The molecular formula is C24H21O4P. The van der Waals surface area contributed by atoms with E-state index in [1.807, 2.05) is 79.7 Å². The molecule has 0 heterocycles.